The van der Waals surface area contributed by atoms with Crippen LogP contribution in [-0.4, -0.2) is 59.6 Å². The molecule has 142 valence electrons. The van der Waals surface area contributed by atoms with E-state index in [1.54, 1.807) is 12.4 Å². The van der Waals surface area contributed by atoms with Crippen molar-refractivity contribution in [3.05, 3.63) is 48.3 Å². The van der Waals surface area contributed by atoms with E-state index in [2.05, 4.69) is 31.2 Å². The summed E-state index contributed by atoms with van der Waals surface area (Å²) in [5.74, 6) is 1.72. The van der Waals surface area contributed by atoms with Gasteiger partial charge in [-0.3, -0.25) is 9.69 Å². The molecular weight excluding hydrogens is 342 g/mol. The van der Waals surface area contributed by atoms with Crippen molar-refractivity contribution in [1.82, 2.24) is 20.2 Å². The van der Waals surface area contributed by atoms with E-state index in [1.165, 1.54) is 0 Å². The van der Waals surface area contributed by atoms with Crippen LogP contribution in [0.15, 0.2) is 42.7 Å². The highest BCUT2D eigenvalue weighted by Gasteiger charge is 2.24. The molecule has 0 spiro atoms. The number of piperidine rings is 1. The van der Waals surface area contributed by atoms with Crippen LogP contribution in [0.2, 0.25) is 0 Å². The van der Waals surface area contributed by atoms with Crippen LogP contribution >= 0.6 is 0 Å². The first-order chi connectivity index (χ1) is 13.3. The van der Waals surface area contributed by atoms with Crippen molar-refractivity contribution in [2.75, 3.05) is 37.7 Å². The zero-order valence-corrected chi connectivity index (χ0v) is 15.4. The molecule has 1 unspecified atom stereocenters. The van der Waals surface area contributed by atoms with E-state index < -0.39 is 0 Å². The minimum Gasteiger partial charge on any atom is -0.492 e. The van der Waals surface area contributed by atoms with Crippen LogP contribution in [0.5, 0.6) is 5.75 Å². The summed E-state index contributed by atoms with van der Waals surface area (Å²) in [6.07, 6.45) is 5.52. The molecule has 27 heavy (non-hydrogen) atoms. The summed E-state index contributed by atoms with van der Waals surface area (Å²) in [5.41, 5.74) is 1.13. The number of ether oxygens (including phenoxy) is 1. The number of para-hydroxylation sites is 1. The summed E-state index contributed by atoms with van der Waals surface area (Å²) < 4.78 is 5.78. The Kier molecular flexibility index (Phi) is 5.48. The van der Waals surface area contributed by atoms with E-state index in [9.17, 15) is 4.79 Å². The van der Waals surface area contributed by atoms with Gasteiger partial charge in [0.25, 0.3) is 0 Å². The SMILES string of the molecule is O=C(CN1CCOc2ccccc2C1)NC1CCCN(c2ncccn2)C1. The fraction of sp³-hybridized carbons (Fsp3) is 0.450. The third-order valence-corrected chi connectivity index (χ3v) is 5.02. The molecule has 1 fully saturated rings. The molecule has 2 aliphatic heterocycles. The van der Waals surface area contributed by atoms with Crippen LogP contribution in [-0.2, 0) is 11.3 Å². The second-order valence-electron chi connectivity index (χ2n) is 7.07. The number of amides is 1. The van der Waals surface area contributed by atoms with Crippen LogP contribution in [0.1, 0.15) is 18.4 Å². The topological polar surface area (TPSA) is 70.6 Å². The van der Waals surface area contributed by atoms with Crippen LogP contribution in [0, 0.1) is 0 Å². The van der Waals surface area contributed by atoms with E-state index in [0.717, 1.165) is 56.3 Å². The molecule has 7 nitrogen and oxygen atoms in total. The van der Waals surface area contributed by atoms with Crippen LogP contribution in [0.4, 0.5) is 5.95 Å². The van der Waals surface area contributed by atoms with Crippen molar-refractivity contribution in [3.8, 4) is 5.75 Å². The number of nitrogens with one attached hydrogen (secondary N) is 1. The first-order valence-corrected chi connectivity index (χ1v) is 9.52. The maximum absolute atomic E-state index is 12.6. The predicted octanol–water partition coefficient (Wildman–Crippen LogP) is 1.46. The van der Waals surface area contributed by atoms with Crippen molar-refractivity contribution in [3.63, 3.8) is 0 Å². The molecule has 1 saturated heterocycles. The van der Waals surface area contributed by atoms with E-state index in [-0.39, 0.29) is 11.9 Å². The summed E-state index contributed by atoms with van der Waals surface area (Å²) >= 11 is 0. The van der Waals surface area contributed by atoms with E-state index in [4.69, 9.17) is 4.74 Å². The van der Waals surface area contributed by atoms with Crippen molar-refractivity contribution >= 4 is 11.9 Å². The number of benzene rings is 1. The van der Waals surface area contributed by atoms with Gasteiger partial charge in [-0.15, -0.1) is 0 Å². The lowest BCUT2D eigenvalue weighted by atomic mass is 10.1. The minimum atomic E-state index is 0.0650. The van der Waals surface area contributed by atoms with Gasteiger partial charge in [0, 0.05) is 50.2 Å². The molecule has 1 atom stereocenters. The molecule has 2 aliphatic rings. The zero-order valence-electron chi connectivity index (χ0n) is 15.4. The Morgan fingerprint density at radius 1 is 1.19 bits per heavy atom. The van der Waals surface area contributed by atoms with Gasteiger partial charge < -0.3 is 15.0 Å². The van der Waals surface area contributed by atoms with Crippen molar-refractivity contribution in [2.45, 2.75) is 25.4 Å². The highest BCUT2D eigenvalue weighted by atomic mass is 16.5. The number of aromatic nitrogens is 2. The Balaban J connectivity index is 1.31. The van der Waals surface area contributed by atoms with Crippen molar-refractivity contribution in [2.24, 2.45) is 0 Å². The smallest absolute Gasteiger partial charge is 0.234 e. The molecule has 1 aromatic carbocycles. The third-order valence-electron chi connectivity index (χ3n) is 5.02. The maximum Gasteiger partial charge on any atom is 0.234 e. The third kappa shape index (κ3) is 4.54. The lowest BCUT2D eigenvalue weighted by Gasteiger charge is -2.33. The molecule has 0 saturated carbocycles. The fourth-order valence-corrected chi connectivity index (χ4v) is 3.72. The van der Waals surface area contributed by atoms with Crippen LogP contribution in [0.3, 0.4) is 0 Å². The lowest BCUT2D eigenvalue weighted by Crippen LogP contribution is -2.50. The highest BCUT2D eigenvalue weighted by molar-refractivity contribution is 5.78. The second-order valence-corrected chi connectivity index (χ2v) is 7.07. The van der Waals surface area contributed by atoms with E-state index in [1.807, 2.05) is 24.3 Å². The predicted molar refractivity (Wildman–Crippen MR) is 103 cm³/mol. The number of hydrogen-bond donors (Lipinski definition) is 1. The van der Waals surface area contributed by atoms with Gasteiger partial charge in [0.05, 0.1) is 6.54 Å². The van der Waals surface area contributed by atoms with Crippen molar-refractivity contribution < 1.29 is 9.53 Å². The van der Waals surface area contributed by atoms with Gasteiger partial charge in [-0.1, -0.05) is 18.2 Å². The monoisotopic (exact) mass is 367 g/mol. The molecule has 1 N–H and O–H groups in total. The molecule has 3 heterocycles. The van der Waals surface area contributed by atoms with Gasteiger partial charge in [0.15, 0.2) is 0 Å². The molecule has 1 amide bonds. The summed E-state index contributed by atoms with van der Waals surface area (Å²) in [6.45, 7) is 4.15. The van der Waals surface area contributed by atoms with E-state index in [0.29, 0.717) is 13.2 Å². The first-order valence-electron chi connectivity index (χ1n) is 9.52. The van der Waals surface area contributed by atoms with Gasteiger partial charge >= 0.3 is 0 Å². The molecule has 0 radical (unpaired) electrons. The molecule has 1 aromatic heterocycles. The Morgan fingerprint density at radius 2 is 2.04 bits per heavy atom. The average Bonchev–Trinajstić information content (AvgIpc) is 2.90. The molecule has 2 aromatic rings. The maximum atomic E-state index is 12.6. The molecule has 0 bridgehead atoms. The minimum absolute atomic E-state index is 0.0650. The van der Waals surface area contributed by atoms with Gasteiger partial charge in [0.1, 0.15) is 12.4 Å². The quantitative estimate of drug-likeness (QED) is 0.882. The largest absolute Gasteiger partial charge is 0.492 e. The number of nitrogens with zero attached hydrogens (tertiary/aromatic N) is 4. The standard InChI is InChI=1S/C20H25N5O2/c26-19(15-24-11-12-27-18-7-2-1-5-16(18)13-24)23-17-6-3-10-25(14-17)20-21-8-4-9-22-20/h1-2,4-5,7-9,17H,3,6,10-15H2,(H,23,26). The normalized spacial score (nSPS) is 20.3. The van der Waals surface area contributed by atoms with Crippen LogP contribution in [0.25, 0.3) is 0 Å². The lowest BCUT2D eigenvalue weighted by molar-refractivity contribution is -0.123. The summed E-state index contributed by atoms with van der Waals surface area (Å²) in [7, 11) is 0. The number of carbonyl (C=O) groups excluding carboxylic acids is 1. The Hall–Kier alpha value is -2.67. The number of hydrogen-bond acceptors (Lipinski definition) is 6. The Labute approximate surface area is 159 Å². The number of rotatable bonds is 4. The van der Waals surface area contributed by atoms with Gasteiger partial charge in [0.2, 0.25) is 11.9 Å². The summed E-state index contributed by atoms with van der Waals surface area (Å²) in [4.78, 5) is 25.5. The number of anilines is 1. The van der Waals surface area contributed by atoms with Gasteiger partial charge in [-0.25, -0.2) is 9.97 Å². The van der Waals surface area contributed by atoms with Crippen LogP contribution < -0.4 is 15.0 Å². The average molecular weight is 367 g/mol. The van der Waals surface area contributed by atoms with Gasteiger partial charge in [-0.2, -0.15) is 0 Å². The molecular formula is C20H25N5O2. The van der Waals surface area contributed by atoms with Crippen molar-refractivity contribution in [1.29, 1.82) is 0 Å². The molecule has 0 aliphatic carbocycles. The number of fused-ring (bicyclic) bond motifs is 1. The Bertz CT molecular complexity index is 770. The second kappa shape index (κ2) is 8.35. The fourth-order valence-electron chi connectivity index (χ4n) is 3.72. The zero-order chi connectivity index (χ0) is 18.5. The number of carbonyl (C=O) groups is 1. The molecule has 7 heteroatoms. The highest BCUT2D eigenvalue weighted by Crippen LogP contribution is 2.22. The summed E-state index contributed by atoms with van der Waals surface area (Å²) in [6, 6.07) is 9.98. The molecule has 4 rings (SSSR count). The summed E-state index contributed by atoms with van der Waals surface area (Å²) in [5, 5.41) is 3.19. The van der Waals surface area contributed by atoms with Gasteiger partial charge in [-0.05, 0) is 25.0 Å². The first kappa shape index (κ1) is 17.7. The van der Waals surface area contributed by atoms with E-state index >= 15 is 0 Å². The Morgan fingerprint density at radius 3 is 2.93 bits per heavy atom.